The summed E-state index contributed by atoms with van der Waals surface area (Å²) in [7, 11) is -3.49. The van der Waals surface area contributed by atoms with Crippen LogP contribution in [0.15, 0.2) is 52.9 Å². The van der Waals surface area contributed by atoms with Gasteiger partial charge in [-0.1, -0.05) is 19.4 Å². The van der Waals surface area contributed by atoms with Crippen LogP contribution in [0, 0.1) is 0 Å². The number of nitrogens with zero attached hydrogens (tertiary/aromatic N) is 3. The highest BCUT2D eigenvalue weighted by molar-refractivity contribution is 7.90. The van der Waals surface area contributed by atoms with E-state index in [9.17, 15) is 44.3 Å². The van der Waals surface area contributed by atoms with Gasteiger partial charge in [0.05, 0.1) is 16.5 Å². The Bertz CT molecular complexity index is 1780. The number of halogens is 6. The molecular weight excluding hydrogens is 672 g/mol. The number of carbonyl (C=O) groups is 2. The summed E-state index contributed by atoms with van der Waals surface area (Å²) in [6, 6.07) is 5.94. The van der Waals surface area contributed by atoms with Crippen molar-refractivity contribution in [2.45, 2.75) is 74.5 Å². The smallest absolute Gasteiger partial charge is 0.425 e. The highest BCUT2D eigenvalue weighted by Crippen LogP contribution is 2.43. The molecule has 0 aliphatic carbocycles. The quantitative estimate of drug-likeness (QED) is 0.265. The fraction of sp³-hybridized carbons (Fsp3) is 0.452. The molecule has 4 heterocycles. The summed E-state index contributed by atoms with van der Waals surface area (Å²) in [6.07, 6.45) is -6.67. The van der Waals surface area contributed by atoms with Crippen molar-refractivity contribution in [2.75, 3.05) is 19.3 Å². The Morgan fingerprint density at radius 2 is 1.81 bits per heavy atom. The van der Waals surface area contributed by atoms with Crippen LogP contribution in [0.2, 0.25) is 0 Å². The average Bonchev–Trinajstić information content (AvgIpc) is 3.49. The van der Waals surface area contributed by atoms with E-state index in [1.54, 1.807) is 13.0 Å². The molecule has 1 saturated heterocycles. The largest absolute Gasteiger partial charge is 0.474 e. The first-order chi connectivity index (χ1) is 22.0. The lowest BCUT2D eigenvalue weighted by molar-refractivity contribution is -0.160. The van der Waals surface area contributed by atoms with Gasteiger partial charge >= 0.3 is 12.4 Å². The minimum absolute atomic E-state index is 0.0199. The number of ether oxygens (including phenoxy) is 1. The van der Waals surface area contributed by atoms with Crippen LogP contribution in [0.4, 0.5) is 26.3 Å². The summed E-state index contributed by atoms with van der Waals surface area (Å²) in [4.78, 5) is 34.1. The maximum absolute atomic E-state index is 14.7. The Balaban J connectivity index is 1.58. The summed E-state index contributed by atoms with van der Waals surface area (Å²) in [5.41, 5.74) is -2.70. The normalized spacial score (nSPS) is 20.6. The Morgan fingerprint density at radius 3 is 2.45 bits per heavy atom. The third-order valence-corrected chi connectivity index (χ3v) is 10.5. The number of piperidine rings is 1. The van der Waals surface area contributed by atoms with Crippen LogP contribution in [0.5, 0.6) is 5.75 Å². The molecule has 0 radical (unpaired) electrons. The van der Waals surface area contributed by atoms with Crippen molar-refractivity contribution in [2.24, 2.45) is 0 Å². The molecule has 2 aromatic heterocycles. The summed E-state index contributed by atoms with van der Waals surface area (Å²) in [5, 5.41) is 1.11. The molecule has 2 aliphatic rings. The SMILES string of the molecule is CCC[C@H]1N(C(=O)c2ncccc2C(F)(F)F)CCC[C@@]1(Oc1csc(C(F)(F)F)c1)C(=O)N1CCc2cc(S(C)(=O)=O)ccc2C1. The van der Waals surface area contributed by atoms with E-state index in [0.717, 1.165) is 40.9 Å². The standard InChI is InChI=1S/C31H31F6N3O5S2/c1-3-6-24-29(45-21-16-25(46-18-21)31(35,36)37,11-5-13-40(24)27(41)26-23(30(32,33)34)7-4-12-38-26)28(42)39-14-10-19-15-22(47(2,43)44)9-8-20(19)17-39/h4,7-9,12,15-16,18,24H,3,5-6,10-11,13-14,17H2,1-2H3/t24-,29+/m1/s1. The zero-order valence-electron chi connectivity index (χ0n) is 25.3. The number of benzene rings is 1. The van der Waals surface area contributed by atoms with Crippen LogP contribution < -0.4 is 4.74 Å². The number of pyridine rings is 1. The highest BCUT2D eigenvalue weighted by atomic mass is 32.2. The lowest BCUT2D eigenvalue weighted by Gasteiger charge is -2.50. The van der Waals surface area contributed by atoms with Crippen LogP contribution in [-0.2, 0) is 39.9 Å². The maximum atomic E-state index is 14.7. The molecule has 0 spiro atoms. The first-order valence-electron chi connectivity index (χ1n) is 14.7. The fourth-order valence-corrected chi connectivity index (χ4v) is 7.63. The van der Waals surface area contributed by atoms with Crippen molar-refractivity contribution < 1.29 is 49.1 Å². The summed E-state index contributed by atoms with van der Waals surface area (Å²) >= 11 is 0.369. The van der Waals surface area contributed by atoms with Gasteiger partial charge in [0.25, 0.3) is 11.8 Å². The van der Waals surface area contributed by atoms with E-state index in [4.69, 9.17) is 4.74 Å². The zero-order chi connectivity index (χ0) is 34.4. The van der Waals surface area contributed by atoms with Crippen molar-refractivity contribution in [1.29, 1.82) is 0 Å². The second-order valence-corrected chi connectivity index (χ2v) is 14.5. The third kappa shape index (κ3) is 6.98. The number of alkyl halides is 6. The molecule has 0 saturated carbocycles. The predicted molar refractivity (Wildman–Crippen MR) is 160 cm³/mol. The van der Waals surface area contributed by atoms with Gasteiger partial charge in [-0.15, -0.1) is 11.3 Å². The lowest BCUT2D eigenvalue weighted by Crippen LogP contribution is -2.68. The van der Waals surface area contributed by atoms with Crippen molar-refractivity contribution in [1.82, 2.24) is 14.8 Å². The van der Waals surface area contributed by atoms with Crippen LogP contribution in [0.3, 0.4) is 0 Å². The number of aromatic nitrogens is 1. The molecule has 0 unspecified atom stereocenters. The number of sulfone groups is 1. The number of fused-ring (bicyclic) bond motifs is 1. The molecule has 0 N–H and O–H groups in total. The third-order valence-electron chi connectivity index (χ3n) is 8.42. The minimum Gasteiger partial charge on any atom is -0.474 e. The van der Waals surface area contributed by atoms with Gasteiger partial charge in [0, 0.05) is 50.0 Å². The summed E-state index contributed by atoms with van der Waals surface area (Å²) in [5.74, 6) is -1.96. The number of thiophene rings is 1. The lowest BCUT2D eigenvalue weighted by atomic mass is 9.79. The van der Waals surface area contributed by atoms with Gasteiger partial charge in [-0.05, 0) is 54.7 Å². The molecule has 16 heteroatoms. The molecule has 2 amide bonds. The predicted octanol–water partition coefficient (Wildman–Crippen LogP) is 6.39. The Kier molecular flexibility index (Phi) is 9.40. The molecule has 0 bridgehead atoms. The van der Waals surface area contributed by atoms with Crippen LogP contribution in [-0.4, -0.2) is 66.0 Å². The molecule has 2 aliphatic heterocycles. The summed E-state index contributed by atoms with van der Waals surface area (Å²) < 4.78 is 113. The van der Waals surface area contributed by atoms with Crippen LogP contribution >= 0.6 is 11.3 Å². The van der Waals surface area contributed by atoms with Gasteiger partial charge in [-0.25, -0.2) is 8.42 Å². The first-order valence-corrected chi connectivity index (χ1v) is 17.5. The van der Waals surface area contributed by atoms with Gasteiger partial charge in [0.2, 0.25) is 5.60 Å². The molecule has 1 fully saturated rings. The second-order valence-electron chi connectivity index (χ2n) is 11.6. The van der Waals surface area contributed by atoms with Gasteiger partial charge in [0.1, 0.15) is 16.3 Å². The number of amides is 2. The molecule has 5 rings (SSSR count). The Morgan fingerprint density at radius 1 is 1.06 bits per heavy atom. The Hall–Kier alpha value is -3.66. The fourth-order valence-electron chi connectivity index (χ4n) is 6.28. The number of likely N-dealkylation sites (tertiary alicyclic amines) is 1. The van der Waals surface area contributed by atoms with Gasteiger partial charge in [0.15, 0.2) is 9.84 Å². The van der Waals surface area contributed by atoms with E-state index in [1.165, 1.54) is 17.0 Å². The maximum Gasteiger partial charge on any atom is 0.425 e. The number of hydrogen-bond donors (Lipinski definition) is 0. The van der Waals surface area contributed by atoms with E-state index in [2.05, 4.69) is 4.98 Å². The van der Waals surface area contributed by atoms with E-state index < -0.39 is 61.8 Å². The van der Waals surface area contributed by atoms with Crippen molar-refractivity contribution in [3.8, 4) is 5.75 Å². The Labute approximate surface area is 271 Å². The first kappa shape index (κ1) is 34.7. The van der Waals surface area contributed by atoms with E-state index in [1.807, 2.05) is 0 Å². The van der Waals surface area contributed by atoms with E-state index in [-0.39, 0.29) is 56.0 Å². The van der Waals surface area contributed by atoms with E-state index >= 15 is 0 Å². The number of hydrogen-bond acceptors (Lipinski definition) is 7. The molecule has 47 heavy (non-hydrogen) atoms. The van der Waals surface area contributed by atoms with Crippen LogP contribution in [0.1, 0.15) is 64.7 Å². The monoisotopic (exact) mass is 703 g/mol. The molecule has 1 aromatic carbocycles. The van der Waals surface area contributed by atoms with Gasteiger partial charge in [-0.3, -0.25) is 14.6 Å². The number of carbonyl (C=O) groups excluding carboxylic acids is 2. The van der Waals surface area contributed by atoms with Crippen molar-refractivity contribution in [3.63, 3.8) is 0 Å². The van der Waals surface area contributed by atoms with Gasteiger partial charge < -0.3 is 14.5 Å². The second kappa shape index (κ2) is 12.7. The van der Waals surface area contributed by atoms with Crippen molar-refractivity contribution >= 4 is 33.0 Å². The minimum atomic E-state index is -4.90. The topological polar surface area (TPSA) is 96.9 Å². The van der Waals surface area contributed by atoms with Crippen molar-refractivity contribution in [3.05, 3.63) is 75.2 Å². The molecular formula is C31H31F6N3O5S2. The molecule has 8 nitrogen and oxygen atoms in total. The molecule has 254 valence electrons. The average molecular weight is 704 g/mol. The van der Waals surface area contributed by atoms with Gasteiger partial charge in [-0.2, -0.15) is 26.3 Å². The summed E-state index contributed by atoms with van der Waals surface area (Å²) in [6.45, 7) is 1.83. The molecule has 2 atom stereocenters. The zero-order valence-corrected chi connectivity index (χ0v) is 27.0. The van der Waals surface area contributed by atoms with E-state index in [0.29, 0.717) is 28.9 Å². The van der Waals surface area contributed by atoms with Crippen LogP contribution in [0.25, 0.3) is 0 Å². The molecule has 3 aromatic rings. The highest BCUT2D eigenvalue weighted by Gasteiger charge is 2.56. The number of rotatable bonds is 7.